The molecule has 1 N–H and O–H groups in total. The molecule has 0 aliphatic carbocycles. The van der Waals surface area contributed by atoms with Gasteiger partial charge in [-0.05, 0) is 43.9 Å². The highest BCUT2D eigenvalue weighted by Gasteiger charge is 2.14. The summed E-state index contributed by atoms with van der Waals surface area (Å²) in [6.45, 7) is 6.80. The molecule has 0 bridgehead atoms. The lowest BCUT2D eigenvalue weighted by molar-refractivity contribution is 0.0170. The quantitative estimate of drug-likeness (QED) is 0.393. The number of rotatable bonds is 10. The lowest BCUT2D eigenvalue weighted by Crippen LogP contribution is -2.38. The monoisotopic (exact) mass is 363 g/mol. The molecule has 0 amide bonds. The third-order valence-electron chi connectivity index (χ3n) is 4.31. The van der Waals surface area contributed by atoms with Gasteiger partial charge in [-0.25, -0.2) is 0 Å². The Morgan fingerprint density at radius 2 is 2.15 bits per heavy atom. The first-order valence-corrected chi connectivity index (χ1v) is 9.54. The second-order valence-electron chi connectivity index (χ2n) is 6.50. The molecule has 26 heavy (non-hydrogen) atoms. The Morgan fingerprint density at radius 3 is 2.81 bits per heavy atom. The van der Waals surface area contributed by atoms with Crippen LogP contribution in [0.2, 0.25) is 0 Å². The van der Waals surface area contributed by atoms with E-state index in [1.165, 1.54) is 5.56 Å². The topological polar surface area (TPSA) is 55.3 Å². The summed E-state index contributed by atoms with van der Waals surface area (Å²) in [5, 5.41) is 3.35. The van der Waals surface area contributed by atoms with Gasteiger partial charge in [-0.2, -0.15) is 0 Å². The van der Waals surface area contributed by atoms with E-state index >= 15 is 0 Å². The summed E-state index contributed by atoms with van der Waals surface area (Å²) < 4.78 is 16.5. The molecule has 1 aromatic carbocycles. The molecular weight excluding hydrogens is 330 g/mol. The Labute approximate surface area is 157 Å². The van der Waals surface area contributed by atoms with E-state index in [1.807, 2.05) is 12.1 Å². The SMILES string of the molecule is CCNC(=NCCCOCC1CCCO1)N(C)Cc1ccc(OC)cc1. The maximum atomic E-state index is 5.70. The molecule has 146 valence electrons. The second kappa shape index (κ2) is 11.8. The molecule has 0 radical (unpaired) electrons. The maximum Gasteiger partial charge on any atom is 0.193 e. The Hall–Kier alpha value is -1.79. The van der Waals surface area contributed by atoms with Crippen LogP contribution in [0.5, 0.6) is 5.75 Å². The van der Waals surface area contributed by atoms with Crippen LogP contribution in [0.1, 0.15) is 31.7 Å². The molecule has 0 spiro atoms. The van der Waals surface area contributed by atoms with Crippen LogP contribution < -0.4 is 10.1 Å². The maximum absolute atomic E-state index is 5.70. The van der Waals surface area contributed by atoms with Crippen LogP contribution in [0.4, 0.5) is 0 Å². The minimum absolute atomic E-state index is 0.298. The number of methoxy groups -OCH3 is 1. The lowest BCUT2D eigenvalue weighted by atomic mass is 10.2. The summed E-state index contributed by atoms with van der Waals surface area (Å²) in [6, 6.07) is 8.13. The van der Waals surface area contributed by atoms with Gasteiger partial charge in [0.15, 0.2) is 5.96 Å². The van der Waals surface area contributed by atoms with E-state index in [2.05, 4.69) is 36.3 Å². The molecule has 1 aromatic rings. The van der Waals surface area contributed by atoms with Crippen LogP contribution in [-0.2, 0) is 16.0 Å². The lowest BCUT2D eigenvalue weighted by Gasteiger charge is -2.22. The first kappa shape index (κ1) is 20.5. The third-order valence-corrected chi connectivity index (χ3v) is 4.31. The zero-order valence-corrected chi connectivity index (χ0v) is 16.4. The number of nitrogens with one attached hydrogen (secondary N) is 1. The van der Waals surface area contributed by atoms with Gasteiger partial charge in [0.2, 0.25) is 0 Å². The molecule has 1 aliphatic heterocycles. The summed E-state index contributed by atoms with van der Waals surface area (Å²) in [5.41, 5.74) is 1.22. The summed E-state index contributed by atoms with van der Waals surface area (Å²) >= 11 is 0. The van der Waals surface area contributed by atoms with Crippen molar-refractivity contribution in [2.24, 2.45) is 4.99 Å². The fourth-order valence-electron chi connectivity index (χ4n) is 2.89. The number of hydrogen-bond acceptors (Lipinski definition) is 4. The summed E-state index contributed by atoms with van der Waals surface area (Å²) in [7, 11) is 3.74. The average molecular weight is 364 g/mol. The van der Waals surface area contributed by atoms with E-state index in [4.69, 9.17) is 19.2 Å². The number of hydrogen-bond donors (Lipinski definition) is 1. The van der Waals surface area contributed by atoms with Gasteiger partial charge >= 0.3 is 0 Å². The molecular formula is C20H33N3O3. The van der Waals surface area contributed by atoms with Crippen molar-refractivity contribution in [3.8, 4) is 5.75 Å². The van der Waals surface area contributed by atoms with Gasteiger partial charge in [0.1, 0.15) is 5.75 Å². The molecule has 6 nitrogen and oxygen atoms in total. The number of guanidine groups is 1. The van der Waals surface area contributed by atoms with E-state index in [0.717, 1.165) is 63.8 Å². The Morgan fingerprint density at radius 1 is 1.35 bits per heavy atom. The van der Waals surface area contributed by atoms with Crippen molar-refractivity contribution in [2.75, 3.05) is 47.1 Å². The van der Waals surface area contributed by atoms with E-state index < -0.39 is 0 Å². The van der Waals surface area contributed by atoms with Gasteiger partial charge in [-0.1, -0.05) is 12.1 Å². The Balaban J connectivity index is 1.72. The molecule has 0 saturated carbocycles. The summed E-state index contributed by atoms with van der Waals surface area (Å²) in [5.74, 6) is 1.79. The fourth-order valence-corrected chi connectivity index (χ4v) is 2.89. The molecule has 1 unspecified atom stereocenters. The highest BCUT2D eigenvalue weighted by molar-refractivity contribution is 5.79. The highest BCUT2D eigenvalue weighted by Crippen LogP contribution is 2.13. The number of nitrogens with zero attached hydrogens (tertiary/aromatic N) is 2. The largest absolute Gasteiger partial charge is 0.497 e. The second-order valence-corrected chi connectivity index (χ2v) is 6.50. The molecule has 1 saturated heterocycles. The van der Waals surface area contributed by atoms with Gasteiger partial charge in [0.25, 0.3) is 0 Å². The third kappa shape index (κ3) is 7.22. The first-order chi connectivity index (χ1) is 12.7. The smallest absolute Gasteiger partial charge is 0.193 e. The van der Waals surface area contributed by atoms with Crippen molar-refractivity contribution in [1.29, 1.82) is 0 Å². The minimum Gasteiger partial charge on any atom is -0.497 e. The van der Waals surface area contributed by atoms with Gasteiger partial charge in [-0.15, -0.1) is 0 Å². The normalized spacial score (nSPS) is 17.3. The number of aliphatic imine (C=N–C) groups is 1. The summed E-state index contributed by atoms with van der Waals surface area (Å²) in [6.07, 6.45) is 3.49. The van der Waals surface area contributed by atoms with Crippen molar-refractivity contribution in [3.63, 3.8) is 0 Å². The van der Waals surface area contributed by atoms with Crippen LogP contribution in [0.3, 0.4) is 0 Å². The van der Waals surface area contributed by atoms with Crippen LogP contribution in [0.25, 0.3) is 0 Å². The fraction of sp³-hybridized carbons (Fsp3) is 0.650. The first-order valence-electron chi connectivity index (χ1n) is 9.54. The molecule has 1 atom stereocenters. The van der Waals surface area contributed by atoms with Crippen molar-refractivity contribution in [2.45, 2.75) is 38.8 Å². The molecule has 1 fully saturated rings. The zero-order chi connectivity index (χ0) is 18.6. The Kier molecular flexibility index (Phi) is 9.28. The van der Waals surface area contributed by atoms with Gasteiger partial charge in [-0.3, -0.25) is 4.99 Å². The van der Waals surface area contributed by atoms with E-state index in [9.17, 15) is 0 Å². The molecule has 2 rings (SSSR count). The van der Waals surface area contributed by atoms with Gasteiger partial charge in [0.05, 0.1) is 19.8 Å². The molecule has 0 aromatic heterocycles. The summed E-state index contributed by atoms with van der Waals surface area (Å²) in [4.78, 5) is 6.85. The van der Waals surface area contributed by atoms with E-state index in [-0.39, 0.29) is 0 Å². The predicted octanol–water partition coefficient (Wildman–Crippen LogP) is 2.68. The van der Waals surface area contributed by atoms with Crippen LogP contribution in [0.15, 0.2) is 29.3 Å². The standard InChI is InChI=1S/C20H33N3O3/c1-4-21-20(22-12-6-13-25-16-19-7-5-14-26-19)23(2)15-17-8-10-18(24-3)11-9-17/h8-11,19H,4-7,12-16H2,1-3H3,(H,21,22). The van der Waals surface area contributed by atoms with Crippen molar-refractivity contribution < 1.29 is 14.2 Å². The van der Waals surface area contributed by atoms with Crippen LogP contribution >= 0.6 is 0 Å². The zero-order valence-electron chi connectivity index (χ0n) is 16.4. The minimum atomic E-state index is 0.298. The van der Waals surface area contributed by atoms with Crippen molar-refractivity contribution in [1.82, 2.24) is 10.2 Å². The van der Waals surface area contributed by atoms with Gasteiger partial charge < -0.3 is 24.4 Å². The number of benzene rings is 1. The van der Waals surface area contributed by atoms with E-state index in [1.54, 1.807) is 7.11 Å². The highest BCUT2D eigenvalue weighted by atomic mass is 16.5. The Bertz CT molecular complexity index is 528. The van der Waals surface area contributed by atoms with E-state index in [0.29, 0.717) is 12.7 Å². The van der Waals surface area contributed by atoms with Crippen LogP contribution in [0, 0.1) is 0 Å². The predicted molar refractivity (Wildman–Crippen MR) is 105 cm³/mol. The number of ether oxygens (including phenoxy) is 3. The van der Waals surface area contributed by atoms with Crippen molar-refractivity contribution in [3.05, 3.63) is 29.8 Å². The van der Waals surface area contributed by atoms with Crippen molar-refractivity contribution >= 4 is 5.96 Å². The van der Waals surface area contributed by atoms with Crippen LogP contribution in [-0.4, -0.2) is 64.0 Å². The van der Waals surface area contributed by atoms with Gasteiger partial charge in [0, 0.05) is 39.9 Å². The molecule has 1 heterocycles. The molecule has 1 aliphatic rings. The molecule has 6 heteroatoms. The average Bonchev–Trinajstić information content (AvgIpc) is 3.17.